The lowest BCUT2D eigenvalue weighted by molar-refractivity contribution is -0.161. The number of phosphoric acid groups is 2. The Kier molecular flexibility index (Phi) is 62.2. The highest BCUT2D eigenvalue weighted by Gasteiger charge is 2.30. The maximum absolute atomic E-state index is 13.1. The molecule has 0 aromatic carbocycles. The molecule has 0 saturated heterocycles. The standard InChI is InChI=1S/C74H144O17P2/c1-9-65(6)51-43-35-27-21-16-14-12-13-15-17-22-30-40-48-56-73(78)91-70(61-85-72(77)55-47-39-33-32-37-45-53-67(8)11-3)63-89-93(82,83)87-59-68(75)58-86-92(80,81)88-62-69(60-84-71(76)54-46-38-29-25-24-28-36-44-52-66(7)10-2)90-74(79)57-49-41-31-23-19-18-20-26-34-42-50-64(4)5/h64-70,75H,9-63H2,1-8H3,(H,80,81)(H,82,83)/t65?,66?,67?,68-,69-,70-/m1/s1. The number of hydrogen-bond acceptors (Lipinski definition) is 15. The summed E-state index contributed by atoms with van der Waals surface area (Å²) in [6, 6.07) is 0. The van der Waals surface area contributed by atoms with Crippen molar-refractivity contribution in [1.82, 2.24) is 0 Å². The molecule has 0 radical (unpaired) electrons. The molecule has 0 aliphatic carbocycles. The molecular weight excluding hydrogens is 1220 g/mol. The molecule has 5 unspecified atom stereocenters. The molecule has 0 aliphatic rings. The van der Waals surface area contributed by atoms with Gasteiger partial charge in [0.25, 0.3) is 0 Å². The molecule has 8 atom stereocenters. The van der Waals surface area contributed by atoms with Crippen LogP contribution < -0.4 is 0 Å². The first-order valence-corrected chi connectivity index (χ1v) is 41.3. The van der Waals surface area contributed by atoms with E-state index in [1.54, 1.807) is 0 Å². The van der Waals surface area contributed by atoms with Gasteiger partial charge in [0.15, 0.2) is 12.2 Å². The van der Waals surface area contributed by atoms with E-state index in [4.69, 9.17) is 37.0 Å². The number of hydrogen-bond donors (Lipinski definition) is 3. The van der Waals surface area contributed by atoms with Gasteiger partial charge in [-0.2, -0.15) is 0 Å². The molecule has 19 heteroatoms. The van der Waals surface area contributed by atoms with E-state index in [0.717, 1.165) is 120 Å². The predicted molar refractivity (Wildman–Crippen MR) is 377 cm³/mol. The molecule has 0 fully saturated rings. The molecule has 0 amide bonds. The largest absolute Gasteiger partial charge is 0.472 e. The molecule has 0 aromatic rings. The fraction of sp³-hybridized carbons (Fsp3) is 0.946. The van der Waals surface area contributed by atoms with Gasteiger partial charge in [-0.1, -0.05) is 319 Å². The molecule has 0 rings (SSSR count). The van der Waals surface area contributed by atoms with Crippen molar-refractivity contribution in [2.45, 2.75) is 388 Å². The van der Waals surface area contributed by atoms with Crippen molar-refractivity contribution in [3.05, 3.63) is 0 Å². The van der Waals surface area contributed by atoms with Gasteiger partial charge in [-0.3, -0.25) is 37.3 Å². The van der Waals surface area contributed by atoms with Crippen LogP contribution in [0.1, 0.15) is 370 Å². The number of carbonyl (C=O) groups is 4. The van der Waals surface area contributed by atoms with Gasteiger partial charge in [0.2, 0.25) is 0 Å². The number of aliphatic hydroxyl groups is 1. The Bertz CT molecular complexity index is 1840. The second-order valence-corrected chi connectivity index (χ2v) is 30.8. The van der Waals surface area contributed by atoms with Gasteiger partial charge in [-0.05, 0) is 49.4 Å². The second-order valence-electron chi connectivity index (χ2n) is 27.9. The van der Waals surface area contributed by atoms with E-state index in [1.807, 2.05) is 0 Å². The van der Waals surface area contributed by atoms with Gasteiger partial charge in [0, 0.05) is 25.7 Å². The summed E-state index contributed by atoms with van der Waals surface area (Å²) in [6.07, 6.45) is 47.1. The topological polar surface area (TPSA) is 237 Å². The highest BCUT2D eigenvalue weighted by molar-refractivity contribution is 7.47. The molecule has 0 spiro atoms. The number of rotatable bonds is 71. The summed E-state index contributed by atoms with van der Waals surface area (Å²) in [5.74, 6) is 0.981. The number of phosphoric ester groups is 2. The number of carbonyl (C=O) groups excluding carboxylic acids is 4. The number of unbranched alkanes of at least 4 members (excludes halogenated alkanes) is 34. The lowest BCUT2D eigenvalue weighted by Crippen LogP contribution is -2.30. The highest BCUT2D eigenvalue weighted by Crippen LogP contribution is 2.45. The zero-order valence-electron chi connectivity index (χ0n) is 60.9. The van der Waals surface area contributed by atoms with Crippen LogP contribution in [0.5, 0.6) is 0 Å². The summed E-state index contributed by atoms with van der Waals surface area (Å²) in [6.45, 7) is 14.2. The Labute approximate surface area is 568 Å². The smallest absolute Gasteiger partial charge is 0.462 e. The van der Waals surface area contributed by atoms with Crippen LogP contribution in [0.4, 0.5) is 0 Å². The predicted octanol–water partition coefficient (Wildman–Crippen LogP) is 21.3. The highest BCUT2D eigenvalue weighted by atomic mass is 31.2. The van der Waals surface area contributed by atoms with Crippen LogP contribution in [-0.2, 0) is 65.4 Å². The Morgan fingerprint density at radius 2 is 0.516 bits per heavy atom. The molecule has 93 heavy (non-hydrogen) atoms. The van der Waals surface area contributed by atoms with Crippen LogP contribution in [0.25, 0.3) is 0 Å². The second kappa shape index (κ2) is 63.5. The lowest BCUT2D eigenvalue weighted by atomic mass is 9.99. The third kappa shape index (κ3) is 64.5. The fourth-order valence-electron chi connectivity index (χ4n) is 11.1. The summed E-state index contributed by atoms with van der Waals surface area (Å²) in [7, 11) is -9.91. The quantitative estimate of drug-likeness (QED) is 0.0222. The minimum atomic E-state index is -4.96. The van der Waals surface area contributed by atoms with Crippen LogP contribution >= 0.6 is 15.6 Å². The summed E-state index contributed by atoms with van der Waals surface area (Å²) in [5.41, 5.74) is 0. The molecule has 17 nitrogen and oxygen atoms in total. The van der Waals surface area contributed by atoms with E-state index in [1.165, 1.54) is 167 Å². The SMILES string of the molecule is CCC(C)CCCCCCCCCCCCCCCCC(=O)O[C@H](COC(=O)CCCCCCCCC(C)CC)COP(=O)(O)OC[C@H](O)COP(=O)(O)OC[C@@H](COC(=O)CCCCCCCCCCC(C)CC)OC(=O)CCCCCCCCCCCCC(C)C. The molecule has 0 bridgehead atoms. The van der Waals surface area contributed by atoms with Gasteiger partial charge in [0.05, 0.1) is 26.4 Å². The molecule has 552 valence electrons. The zero-order valence-corrected chi connectivity index (χ0v) is 62.7. The zero-order chi connectivity index (χ0) is 68.9. The molecule has 0 heterocycles. The van der Waals surface area contributed by atoms with Crippen molar-refractivity contribution < 1.29 is 80.2 Å². The minimum Gasteiger partial charge on any atom is -0.462 e. The van der Waals surface area contributed by atoms with Gasteiger partial charge in [0.1, 0.15) is 19.3 Å². The first-order valence-electron chi connectivity index (χ1n) is 38.3. The maximum atomic E-state index is 13.1. The Balaban J connectivity index is 5.25. The lowest BCUT2D eigenvalue weighted by Gasteiger charge is -2.21. The van der Waals surface area contributed by atoms with Crippen LogP contribution in [0.2, 0.25) is 0 Å². The number of ether oxygens (including phenoxy) is 4. The summed E-state index contributed by atoms with van der Waals surface area (Å²) >= 11 is 0. The molecular formula is C74H144O17P2. The number of aliphatic hydroxyl groups excluding tert-OH is 1. The van der Waals surface area contributed by atoms with Gasteiger partial charge < -0.3 is 33.8 Å². The molecule has 0 saturated carbocycles. The number of esters is 4. The first-order chi connectivity index (χ1) is 44.7. The summed E-state index contributed by atoms with van der Waals surface area (Å²) in [5, 5.41) is 10.6. The Morgan fingerprint density at radius 3 is 0.763 bits per heavy atom. The van der Waals surface area contributed by atoms with Crippen LogP contribution in [-0.4, -0.2) is 96.7 Å². The van der Waals surface area contributed by atoms with Crippen LogP contribution in [0.15, 0.2) is 0 Å². The average molecular weight is 1370 g/mol. The summed E-state index contributed by atoms with van der Waals surface area (Å²) in [4.78, 5) is 72.7. The van der Waals surface area contributed by atoms with E-state index >= 15 is 0 Å². The van der Waals surface area contributed by atoms with Crippen molar-refractivity contribution in [3.63, 3.8) is 0 Å². The average Bonchev–Trinajstić information content (AvgIpc) is 2.06. The third-order valence-electron chi connectivity index (χ3n) is 18.2. The normalized spacial score (nSPS) is 15.1. The fourth-order valence-corrected chi connectivity index (χ4v) is 12.7. The Morgan fingerprint density at radius 1 is 0.301 bits per heavy atom. The summed E-state index contributed by atoms with van der Waals surface area (Å²) < 4.78 is 68.4. The molecule has 3 N–H and O–H groups in total. The van der Waals surface area contributed by atoms with Gasteiger partial charge >= 0.3 is 39.5 Å². The van der Waals surface area contributed by atoms with Gasteiger partial charge in [-0.15, -0.1) is 0 Å². The first kappa shape index (κ1) is 91.1. The third-order valence-corrected chi connectivity index (χ3v) is 20.1. The van der Waals surface area contributed by atoms with Crippen molar-refractivity contribution in [3.8, 4) is 0 Å². The monoisotopic (exact) mass is 1370 g/mol. The van der Waals surface area contributed by atoms with E-state index in [-0.39, 0.29) is 25.7 Å². The van der Waals surface area contributed by atoms with E-state index in [0.29, 0.717) is 25.7 Å². The van der Waals surface area contributed by atoms with Crippen molar-refractivity contribution >= 4 is 39.5 Å². The van der Waals surface area contributed by atoms with E-state index in [2.05, 4.69) is 55.4 Å². The van der Waals surface area contributed by atoms with E-state index in [9.17, 15) is 43.2 Å². The molecule has 0 aromatic heterocycles. The van der Waals surface area contributed by atoms with Crippen molar-refractivity contribution in [2.24, 2.45) is 23.7 Å². The van der Waals surface area contributed by atoms with Crippen molar-refractivity contribution in [2.75, 3.05) is 39.6 Å². The van der Waals surface area contributed by atoms with Crippen LogP contribution in [0.3, 0.4) is 0 Å². The van der Waals surface area contributed by atoms with Gasteiger partial charge in [-0.25, -0.2) is 9.13 Å². The minimum absolute atomic E-state index is 0.105. The van der Waals surface area contributed by atoms with Crippen LogP contribution in [0, 0.1) is 23.7 Å². The Hall–Kier alpha value is -1.94. The maximum Gasteiger partial charge on any atom is 0.472 e. The van der Waals surface area contributed by atoms with E-state index < -0.39 is 97.5 Å². The van der Waals surface area contributed by atoms with Crippen molar-refractivity contribution in [1.29, 1.82) is 0 Å². The molecule has 0 aliphatic heterocycles.